The first-order valence-corrected chi connectivity index (χ1v) is 7.09. The fourth-order valence-electron chi connectivity index (χ4n) is 2.64. The first kappa shape index (κ1) is 12.2. The number of nitrogens with one attached hydrogen (secondary N) is 1. The predicted molar refractivity (Wildman–Crippen MR) is 76.4 cm³/mol. The summed E-state index contributed by atoms with van der Waals surface area (Å²) in [6.07, 6.45) is 6.02. The van der Waals surface area contributed by atoms with E-state index in [9.17, 15) is 0 Å². The maximum atomic E-state index is 4.38. The molecule has 1 aromatic carbocycles. The summed E-state index contributed by atoms with van der Waals surface area (Å²) in [5, 5.41) is 7.73. The van der Waals surface area contributed by atoms with E-state index < -0.39 is 0 Å². The van der Waals surface area contributed by atoms with E-state index in [-0.39, 0.29) is 0 Å². The lowest BCUT2D eigenvalue weighted by atomic mass is 9.99. The van der Waals surface area contributed by atoms with E-state index in [4.69, 9.17) is 0 Å². The molecule has 0 spiro atoms. The zero-order valence-corrected chi connectivity index (χ0v) is 11.4. The van der Waals surface area contributed by atoms with Crippen LogP contribution in [0.25, 0.3) is 0 Å². The smallest absolute Gasteiger partial charge is 0.138 e. The number of nitrogens with zero attached hydrogens (tertiary/aromatic N) is 3. The normalized spacial score (nSPS) is 13.9. The van der Waals surface area contributed by atoms with Gasteiger partial charge in [0.25, 0.3) is 0 Å². The number of hydrogen-bond acceptors (Lipinski definition) is 3. The highest BCUT2D eigenvalue weighted by Gasteiger charge is 2.10. The van der Waals surface area contributed by atoms with Gasteiger partial charge in [-0.2, -0.15) is 5.10 Å². The molecule has 0 aliphatic carbocycles. The molecule has 0 saturated carbocycles. The van der Waals surface area contributed by atoms with Crippen LogP contribution in [-0.2, 0) is 19.4 Å². The molecular weight excluding hydrogens is 236 g/mol. The van der Waals surface area contributed by atoms with Gasteiger partial charge in [-0.05, 0) is 36.5 Å². The van der Waals surface area contributed by atoms with Gasteiger partial charge in [0, 0.05) is 25.2 Å². The fraction of sp³-hybridized carbons (Fsp3) is 0.467. The molecule has 0 radical (unpaired) electrons. The molecule has 1 aromatic heterocycles. The summed E-state index contributed by atoms with van der Waals surface area (Å²) in [7, 11) is 0. The zero-order valence-electron chi connectivity index (χ0n) is 11.4. The second-order valence-corrected chi connectivity index (χ2v) is 5.10. The molecule has 1 aliphatic rings. The third kappa shape index (κ3) is 2.62. The Morgan fingerprint density at radius 2 is 2.32 bits per heavy atom. The Bertz CT molecular complexity index is 559. The summed E-state index contributed by atoms with van der Waals surface area (Å²) >= 11 is 0. The van der Waals surface area contributed by atoms with Crippen LogP contribution < -0.4 is 5.32 Å². The molecule has 4 heteroatoms. The van der Waals surface area contributed by atoms with Crippen LogP contribution in [0.3, 0.4) is 0 Å². The lowest BCUT2D eigenvalue weighted by Crippen LogP contribution is -2.12. The Labute approximate surface area is 113 Å². The van der Waals surface area contributed by atoms with E-state index in [1.54, 1.807) is 6.33 Å². The molecule has 0 saturated heterocycles. The molecule has 19 heavy (non-hydrogen) atoms. The SMILES string of the molecule is CCCn1ncnc1Cc1ccc2c(c1)CCCN2. The number of benzene rings is 1. The van der Waals surface area contributed by atoms with Crippen molar-refractivity contribution in [1.29, 1.82) is 0 Å². The Balaban J connectivity index is 1.81. The van der Waals surface area contributed by atoms with Crippen LogP contribution in [0, 0.1) is 0 Å². The van der Waals surface area contributed by atoms with Crippen molar-refractivity contribution in [1.82, 2.24) is 14.8 Å². The van der Waals surface area contributed by atoms with Gasteiger partial charge in [-0.25, -0.2) is 9.67 Å². The molecular formula is C15H20N4. The Morgan fingerprint density at radius 3 is 3.21 bits per heavy atom. The highest BCUT2D eigenvalue weighted by atomic mass is 15.3. The number of fused-ring (bicyclic) bond motifs is 1. The van der Waals surface area contributed by atoms with Gasteiger partial charge in [0.15, 0.2) is 0 Å². The minimum Gasteiger partial charge on any atom is -0.385 e. The first-order chi connectivity index (χ1) is 9.36. The molecule has 0 amide bonds. The van der Waals surface area contributed by atoms with E-state index in [0.29, 0.717) is 0 Å². The molecule has 1 aliphatic heterocycles. The van der Waals surface area contributed by atoms with E-state index >= 15 is 0 Å². The second-order valence-electron chi connectivity index (χ2n) is 5.10. The maximum absolute atomic E-state index is 4.38. The van der Waals surface area contributed by atoms with Crippen LogP contribution in [0.4, 0.5) is 5.69 Å². The molecule has 1 N–H and O–H groups in total. The van der Waals surface area contributed by atoms with Gasteiger partial charge < -0.3 is 5.32 Å². The average Bonchev–Trinajstić information content (AvgIpc) is 2.86. The van der Waals surface area contributed by atoms with E-state index in [0.717, 1.165) is 31.8 Å². The van der Waals surface area contributed by atoms with Crippen molar-refractivity contribution in [3.63, 3.8) is 0 Å². The number of aromatic nitrogens is 3. The minimum absolute atomic E-state index is 0.868. The molecule has 3 rings (SSSR count). The molecule has 0 atom stereocenters. The van der Waals surface area contributed by atoms with Gasteiger partial charge in [-0.3, -0.25) is 0 Å². The molecule has 0 bridgehead atoms. The van der Waals surface area contributed by atoms with Crippen molar-refractivity contribution in [2.45, 2.75) is 39.2 Å². The fourth-order valence-corrected chi connectivity index (χ4v) is 2.64. The largest absolute Gasteiger partial charge is 0.385 e. The topological polar surface area (TPSA) is 42.7 Å². The summed E-state index contributed by atoms with van der Waals surface area (Å²) < 4.78 is 2.01. The lowest BCUT2D eigenvalue weighted by molar-refractivity contribution is 0.575. The highest BCUT2D eigenvalue weighted by Crippen LogP contribution is 2.23. The first-order valence-electron chi connectivity index (χ1n) is 7.09. The number of rotatable bonds is 4. The lowest BCUT2D eigenvalue weighted by Gasteiger charge is -2.18. The number of aryl methyl sites for hydroxylation is 2. The van der Waals surface area contributed by atoms with Crippen molar-refractivity contribution >= 4 is 5.69 Å². The summed E-state index contributed by atoms with van der Waals surface area (Å²) in [4.78, 5) is 4.38. The maximum Gasteiger partial charge on any atom is 0.138 e. The van der Waals surface area contributed by atoms with Crippen LogP contribution in [0.2, 0.25) is 0 Å². The van der Waals surface area contributed by atoms with E-state index in [1.165, 1.54) is 29.7 Å². The third-order valence-corrected chi connectivity index (χ3v) is 3.60. The second kappa shape index (κ2) is 5.43. The number of hydrogen-bond donors (Lipinski definition) is 1. The standard InChI is InChI=1S/C15H20N4/c1-2-8-19-15(17-11-18-19)10-12-5-6-14-13(9-12)4-3-7-16-14/h5-6,9,11,16H,2-4,7-8,10H2,1H3. The third-order valence-electron chi connectivity index (χ3n) is 3.60. The summed E-state index contributed by atoms with van der Waals surface area (Å²) in [6.45, 7) is 4.20. The van der Waals surface area contributed by atoms with Crippen molar-refractivity contribution in [3.05, 3.63) is 41.5 Å². The van der Waals surface area contributed by atoms with Gasteiger partial charge in [0.05, 0.1) is 0 Å². The van der Waals surface area contributed by atoms with Crippen molar-refractivity contribution in [3.8, 4) is 0 Å². The van der Waals surface area contributed by atoms with Crippen LogP contribution in [-0.4, -0.2) is 21.3 Å². The van der Waals surface area contributed by atoms with Crippen molar-refractivity contribution in [2.75, 3.05) is 11.9 Å². The quantitative estimate of drug-likeness (QED) is 0.914. The highest BCUT2D eigenvalue weighted by molar-refractivity contribution is 5.54. The van der Waals surface area contributed by atoms with Crippen LogP contribution in [0.5, 0.6) is 0 Å². The molecule has 4 nitrogen and oxygen atoms in total. The van der Waals surface area contributed by atoms with E-state index in [2.05, 4.69) is 40.5 Å². The zero-order chi connectivity index (χ0) is 13.1. The molecule has 2 heterocycles. The molecule has 0 fully saturated rings. The Morgan fingerprint density at radius 1 is 1.37 bits per heavy atom. The predicted octanol–water partition coefficient (Wildman–Crippen LogP) is 2.64. The molecule has 2 aromatic rings. The van der Waals surface area contributed by atoms with Crippen LogP contribution in [0.1, 0.15) is 36.7 Å². The summed E-state index contributed by atoms with van der Waals surface area (Å²) in [5.41, 5.74) is 4.06. The Kier molecular flexibility index (Phi) is 3.49. The monoisotopic (exact) mass is 256 g/mol. The van der Waals surface area contributed by atoms with Gasteiger partial charge >= 0.3 is 0 Å². The van der Waals surface area contributed by atoms with Crippen LogP contribution >= 0.6 is 0 Å². The summed E-state index contributed by atoms with van der Waals surface area (Å²) in [5.74, 6) is 1.06. The van der Waals surface area contributed by atoms with Gasteiger partial charge in [-0.1, -0.05) is 19.1 Å². The van der Waals surface area contributed by atoms with Crippen molar-refractivity contribution in [2.24, 2.45) is 0 Å². The summed E-state index contributed by atoms with van der Waals surface area (Å²) in [6, 6.07) is 6.71. The molecule has 100 valence electrons. The molecule has 0 unspecified atom stereocenters. The van der Waals surface area contributed by atoms with Gasteiger partial charge in [0.1, 0.15) is 12.2 Å². The van der Waals surface area contributed by atoms with Crippen molar-refractivity contribution < 1.29 is 0 Å². The minimum atomic E-state index is 0.868. The number of anilines is 1. The van der Waals surface area contributed by atoms with Crippen LogP contribution in [0.15, 0.2) is 24.5 Å². The average molecular weight is 256 g/mol. The van der Waals surface area contributed by atoms with Gasteiger partial charge in [-0.15, -0.1) is 0 Å². The Hall–Kier alpha value is -1.84. The van der Waals surface area contributed by atoms with E-state index in [1.807, 2.05) is 4.68 Å². The van der Waals surface area contributed by atoms with Gasteiger partial charge in [0.2, 0.25) is 0 Å².